The number of aromatic nitrogens is 3. The fourth-order valence-corrected chi connectivity index (χ4v) is 6.55. The van der Waals surface area contributed by atoms with Crippen molar-refractivity contribution in [3.8, 4) is 16.8 Å². The molecule has 2 aromatic heterocycles. The van der Waals surface area contributed by atoms with Crippen LogP contribution in [0.1, 0.15) is 16.7 Å². The fraction of sp³-hybridized carbons (Fsp3) is 0.0938. The Morgan fingerprint density at radius 1 is 0.750 bits per heavy atom. The van der Waals surface area contributed by atoms with E-state index in [1.807, 2.05) is 6.07 Å². The molecule has 1 aliphatic carbocycles. The molecule has 8 rings (SSSR count). The van der Waals surface area contributed by atoms with Gasteiger partial charge in [0.15, 0.2) is 0 Å². The molecule has 5 aromatic carbocycles. The van der Waals surface area contributed by atoms with Gasteiger partial charge in [0, 0.05) is 10.9 Å². The van der Waals surface area contributed by atoms with E-state index in [-0.39, 0.29) is 0 Å². The van der Waals surface area contributed by atoms with Crippen LogP contribution < -0.4 is 0 Å². The Bertz CT molecular complexity index is 2000. The van der Waals surface area contributed by atoms with Crippen LogP contribution >= 0.6 is 11.6 Å². The second-order valence-electron chi connectivity index (χ2n) is 9.82. The minimum Gasteiger partial charge on any atom is -0.279 e. The maximum atomic E-state index is 6.92. The van der Waals surface area contributed by atoms with Gasteiger partial charge in [-0.25, -0.2) is 4.98 Å². The van der Waals surface area contributed by atoms with Crippen LogP contribution in [0.25, 0.3) is 55.4 Å². The number of halogens is 1. The zero-order chi connectivity index (χ0) is 24.0. The summed E-state index contributed by atoms with van der Waals surface area (Å²) in [5.41, 5.74) is 11.6. The largest absolute Gasteiger partial charge is 0.279 e. The van der Waals surface area contributed by atoms with E-state index < -0.39 is 0 Å². The van der Waals surface area contributed by atoms with Gasteiger partial charge in [-0.2, -0.15) is 0 Å². The first-order valence-corrected chi connectivity index (χ1v) is 12.8. The van der Waals surface area contributed by atoms with Gasteiger partial charge in [-0.1, -0.05) is 72.3 Å². The van der Waals surface area contributed by atoms with E-state index in [1.54, 1.807) is 0 Å². The van der Waals surface area contributed by atoms with Crippen LogP contribution in [0.3, 0.4) is 0 Å². The summed E-state index contributed by atoms with van der Waals surface area (Å²) in [6, 6.07) is 32.5. The van der Waals surface area contributed by atoms with Crippen molar-refractivity contribution in [3.63, 3.8) is 0 Å². The molecule has 1 aliphatic rings. The van der Waals surface area contributed by atoms with Crippen molar-refractivity contribution in [1.82, 2.24) is 14.0 Å². The van der Waals surface area contributed by atoms with E-state index >= 15 is 0 Å². The molecule has 0 unspecified atom stereocenters. The molecule has 0 amide bonds. The van der Waals surface area contributed by atoms with Crippen molar-refractivity contribution in [2.24, 2.45) is 0 Å². The van der Waals surface area contributed by atoms with E-state index in [9.17, 15) is 0 Å². The van der Waals surface area contributed by atoms with Crippen LogP contribution in [0.4, 0.5) is 0 Å². The van der Waals surface area contributed by atoms with Crippen molar-refractivity contribution < 1.29 is 0 Å². The standard InChI is InChI=1S/C32H22ClN3/c1-19-17-24(33)31-25(18-19)34-32-35(26-10-6-5-9-23(26)20-7-3-2-4-8-20)27-15-13-21-11-12-22-14-16-28(36(31)32)30(27)29(21)22/h2-10,13-18H,11-12H2,1H3. The first-order valence-electron chi connectivity index (χ1n) is 12.4. The molecule has 0 aliphatic heterocycles. The molecule has 172 valence electrons. The lowest BCUT2D eigenvalue weighted by Gasteiger charge is -2.20. The summed E-state index contributed by atoms with van der Waals surface area (Å²) in [5.74, 6) is 0.870. The summed E-state index contributed by atoms with van der Waals surface area (Å²) in [6.07, 6.45) is 2.18. The Morgan fingerprint density at radius 2 is 1.47 bits per heavy atom. The van der Waals surface area contributed by atoms with Crippen LogP contribution in [0.15, 0.2) is 91.0 Å². The quantitative estimate of drug-likeness (QED) is 0.242. The topological polar surface area (TPSA) is 22.2 Å². The summed E-state index contributed by atoms with van der Waals surface area (Å²) >= 11 is 6.92. The second kappa shape index (κ2) is 7.22. The summed E-state index contributed by atoms with van der Waals surface area (Å²) in [5, 5.41) is 3.41. The minimum atomic E-state index is 0.728. The third-order valence-electron chi connectivity index (χ3n) is 7.70. The molecule has 0 saturated carbocycles. The van der Waals surface area contributed by atoms with Gasteiger partial charge >= 0.3 is 0 Å². The lowest BCUT2D eigenvalue weighted by atomic mass is 10.0. The number of imidazole rings is 1. The van der Waals surface area contributed by atoms with Crippen molar-refractivity contribution in [3.05, 3.63) is 113 Å². The third kappa shape index (κ3) is 2.61. The molecular weight excluding hydrogens is 462 g/mol. The normalized spacial score (nSPS) is 13.1. The maximum Gasteiger partial charge on any atom is 0.220 e. The van der Waals surface area contributed by atoms with Gasteiger partial charge in [0.1, 0.15) is 0 Å². The van der Waals surface area contributed by atoms with Gasteiger partial charge in [-0.15, -0.1) is 0 Å². The van der Waals surface area contributed by atoms with Crippen LogP contribution in [-0.2, 0) is 12.8 Å². The highest BCUT2D eigenvalue weighted by Crippen LogP contribution is 2.41. The van der Waals surface area contributed by atoms with Gasteiger partial charge in [0.2, 0.25) is 5.78 Å². The van der Waals surface area contributed by atoms with Gasteiger partial charge in [-0.05, 0) is 77.7 Å². The predicted octanol–water partition coefficient (Wildman–Crippen LogP) is 8.31. The number of nitrogens with zero attached hydrogens (tertiary/aromatic N) is 3. The molecule has 0 N–H and O–H groups in total. The molecule has 36 heavy (non-hydrogen) atoms. The van der Waals surface area contributed by atoms with E-state index in [0.717, 1.165) is 51.4 Å². The van der Waals surface area contributed by atoms with Gasteiger partial charge in [0.05, 0.1) is 32.8 Å². The predicted molar refractivity (Wildman–Crippen MR) is 150 cm³/mol. The van der Waals surface area contributed by atoms with Gasteiger partial charge in [-0.3, -0.25) is 8.97 Å². The molecule has 0 bridgehead atoms. The number of aryl methyl sites for hydroxylation is 3. The highest BCUT2D eigenvalue weighted by Gasteiger charge is 2.24. The maximum absolute atomic E-state index is 6.92. The molecule has 7 aromatic rings. The van der Waals surface area contributed by atoms with Crippen molar-refractivity contribution in [2.45, 2.75) is 19.8 Å². The highest BCUT2D eigenvalue weighted by atomic mass is 35.5. The number of fused-ring (bicyclic) bond motifs is 4. The summed E-state index contributed by atoms with van der Waals surface area (Å²) in [7, 11) is 0. The Kier molecular flexibility index (Phi) is 4.04. The van der Waals surface area contributed by atoms with E-state index in [0.29, 0.717) is 0 Å². The minimum absolute atomic E-state index is 0.728. The number of benzene rings is 5. The van der Waals surface area contributed by atoms with E-state index in [4.69, 9.17) is 16.6 Å². The zero-order valence-corrected chi connectivity index (χ0v) is 20.6. The van der Waals surface area contributed by atoms with Crippen LogP contribution in [0.5, 0.6) is 0 Å². The van der Waals surface area contributed by atoms with E-state index in [2.05, 4.69) is 101 Å². The SMILES string of the molecule is Cc1cc(Cl)c2c(c1)nc1n(-c3ccccc3-c3ccccc3)c3ccc4c5c(ccc(c53)n21)CC4. The molecule has 3 nitrogen and oxygen atoms in total. The van der Waals surface area contributed by atoms with E-state index in [1.165, 1.54) is 38.5 Å². The number of hydrogen-bond donors (Lipinski definition) is 0. The van der Waals surface area contributed by atoms with Crippen molar-refractivity contribution >= 4 is 50.2 Å². The molecule has 0 radical (unpaired) electrons. The smallest absolute Gasteiger partial charge is 0.220 e. The first kappa shape index (κ1) is 20.1. The van der Waals surface area contributed by atoms with Crippen LogP contribution in [0.2, 0.25) is 5.02 Å². The van der Waals surface area contributed by atoms with Crippen LogP contribution in [-0.4, -0.2) is 14.0 Å². The molecule has 0 atom stereocenters. The third-order valence-corrected chi connectivity index (χ3v) is 7.98. The van der Waals surface area contributed by atoms with Gasteiger partial charge in [0.25, 0.3) is 0 Å². The zero-order valence-electron chi connectivity index (χ0n) is 19.8. The molecule has 0 fully saturated rings. The highest BCUT2D eigenvalue weighted by molar-refractivity contribution is 6.35. The van der Waals surface area contributed by atoms with Crippen LogP contribution in [0, 0.1) is 6.92 Å². The summed E-state index contributed by atoms with van der Waals surface area (Å²) in [4.78, 5) is 5.22. The molecule has 2 heterocycles. The average molecular weight is 484 g/mol. The first-order chi connectivity index (χ1) is 17.7. The molecule has 0 saturated heterocycles. The van der Waals surface area contributed by atoms with Gasteiger partial charge < -0.3 is 0 Å². The number of para-hydroxylation sites is 1. The van der Waals surface area contributed by atoms with Crippen molar-refractivity contribution in [2.75, 3.05) is 0 Å². The Morgan fingerprint density at radius 3 is 2.28 bits per heavy atom. The fourth-order valence-electron chi connectivity index (χ4n) is 6.20. The molecular formula is C32H22ClN3. The van der Waals surface area contributed by atoms with Crippen molar-refractivity contribution in [1.29, 1.82) is 0 Å². The Labute approximate surface area is 213 Å². The summed E-state index contributed by atoms with van der Waals surface area (Å²) < 4.78 is 4.61. The average Bonchev–Trinajstić information content (AvgIpc) is 3.50. The molecule has 0 spiro atoms. The second-order valence-corrected chi connectivity index (χ2v) is 10.2. The summed E-state index contributed by atoms with van der Waals surface area (Å²) in [6.45, 7) is 2.07. The lowest BCUT2D eigenvalue weighted by Crippen LogP contribution is -2.07. The monoisotopic (exact) mass is 483 g/mol. The molecule has 4 heteroatoms. The number of hydrogen-bond acceptors (Lipinski definition) is 1. The lowest BCUT2D eigenvalue weighted by molar-refractivity contribution is 1.02. The Hall–Kier alpha value is -4.08. The Balaban J connectivity index is 1.65. The number of rotatable bonds is 2.